The summed E-state index contributed by atoms with van der Waals surface area (Å²) in [7, 11) is 4.10. The van der Waals surface area contributed by atoms with Crippen molar-refractivity contribution in [2.24, 2.45) is 5.92 Å². The first-order valence-electron chi connectivity index (χ1n) is 11.9. The molecule has 176 valence electrons. The van der Waals surface area contributed by atoms with Gasteiger partial charge < -0.3 is 10.0 Å². The second-order valence-corrected chi connectivity index (χ2v) is 11.0. The lowest BCUT2D eigenvalue weighted by molar-refractivity contribution is -0.0681. The third-order valence-corrected chi connectivity index (χ3v) is 7.97. The van der Waals surface area contributed by atoms with E-state index in [-0.39, 0.29) is 22.9 Å². The van der Waals surface area contributed by atoms with Crippen LogP contribution in [0.1, 0.15) is 50.7 Å². The highest BCUT2D eigenvalue weighted by atomic mass is 19.1. The molecule has 3 fully saturated rings. The Morgan fingerprint density at radius 2 is 1.79 bits per heavy atom. The lowest BCUT2D eigenvalue weighted by Gasteiger charge is -2.60. The number of rotatable bonds is 6. The first-order chi connectivity index (χ1) is 15.5. The number of nitrogens with zero attached hydrogens (tertiary/aromatic N) is 3. The van der Waals surface area contributed by atoms with Crippen molar-refractivity contribution in [3.8, 4) is 0 Å². The Morgan fingerprint density at radius 1 is 1.12 bits per heavy atom. The second kappa shape index (κ2) is 7.54. The van der Waals surface area contributed by atoms with Crippen molar-refractivity contribution >= 4 is 11.7 Å². The minimum Gasteiger partial charge on any atom is -0.386 e. The number of anilines is 1. The Labute approximate surface area is 195 Å². The van der Waals surface area contributed by atoms with E-state index in [0.29, 0.717) is 12.5 Å². The van der Waals surface area contributed by atoms with E-state index in [1.165, 1.54) is 18.9 Å². The van der Waals surface area contributed by atoms with Gasteiger partial charge in [-0.05, 0) is 94.9 Å². The molecule has 1 aliphatic heterocycles. The fraction of sp³-hybridized carbons (Fsp3) is 0.519. The van der Waals surface area contributed by atoms with Gasteiger partial charge in [-0.3, -0.25) is 9.80 Å². The molecule has 1 heterocycles. The Hall–Kier alpha value is -2.44. The fourth-order valence-corrected chi connectivity index (χ4v) is 5.77. The van der Waals surface area contributed by atoms with E-state index in [2.05, 4.69) is 9.80 Å². The van der Waals surface area contributed by atoms with Crippen LogP contribution in [0, 0.1) is 11.7 Å². The predicted molar refractivity (Wildman–Crippen MR) is 128 cm³/mol. The van der Waals surface area contributed by atoms with Crippen LogP contribution in [0.2, 0.25) is 0 Å². The van der Waals surface area contributed by atoms with Crippen LogP contribution in [-0.4, -0.2) is 53.7 Å². The first kappa shape index (κ1) is 22.4. The molecule has 1 saturated heterocycles. The average Bonchev–Trinajstić information content (AvgIpc) is 3.50. The molecule has 0 bridgehead atoms. The molecule has 0 unspecified atom stereocenters. The Bertz CT molecular complexity index is 1050. The maximum absolute atomic E-state index is 14.1. The van der Waals surface area contributed by atoms with Crippen molar-refractivity contribution in [1.82, 2.24) is 9.80 Å². The van der Waals surface area contributed by atoms with Gasteiger partial charge in [0, 0.05) is 12.2 Å². The van der Waals surface area contributed by atoms with Crippen molar-refractivity contribution < 1.29 is 14.3 Å². The topological polar surface area (TPSA) is 47.0 Å². The molecule has 2 aromatic carbocycles. The minimum atomic E-state index is -0.920. The fourth-order valence-electron chi connectivity index (χ4n) is 5.77. The number of hydrogen-bond acceptors (Lipinski definition) is 3. The zero-order chi connectivity index (χ0) is 23.6. The number of urea groups is 1. The molecular weight excluding hydrogens is 417 g/mol. The van der Waals surface area contributed by atoms with Crippen LogP contribution in [-0.2, 0) is 11.1 Å². The van der Waals surface area contributed by atoms with Gasteiger partial charge >= 0.3 is 6.03 Å². The van der Waals surface area contributed by atoms with Crippen molar-refractivity contribution in [3.63, 3.8) is 0 Å². The van der Waals surface area contributed by atoms with Gasteiger partial charge in [0.15, 0.2) is 0 Å². The van der Waals surface area contributed by atoms with Crippen molar-refractivity contribution in [2.45, 2.75) is 56.2 Å². The monoisotopic (exact) mass is 451 g/mol. The van der Waals surface area contributed by atoms with Gasteiger partial charge in [-0.25, -0.2) is 9.18 Å². The van der Waals surface area contributed by atoms with Gasteiger partial charge in [0.05, 0.1) is 23.2 Å². The summed E-state index contributed by atoms with van der Waals surface area (Å²) >= 11 is 0. The molecule has 0 radical (unpaired) electrons. The normalized spacial score (nSPS) is 27.5. The molecule has 5 rings (SSSR count). The van der Waals surface area contributed by atoms with Crippen molar-refractivity contribution in [2.75, 3.05) is 32.1 Å². The van der Waals surface area contributed by atoms with Gasteiger partial charge in [0.25, 0.3) is 0 Å². The van der Waals surface area contributed by atoms with E-state index in [1.54, 1.807) is 26.0 Å². The number of halogens is 1. The van der Waals surface area contributed by atoms with Crippen LogP contribution < -0.4 is 4.90 Å². The van der Waals surface area contributed by atoms with E-state index in [9.17, 15) is 14.3 Å². The summed E-state index contributed by atoms with van der Waals surface area (Å²) in [6.45, 7) is 4.95. The Balaban J connectivity index is 1.46. The minimum absolute atomic E-state index is 0.0597. The maximum Gasteiger partial charge on any atom is 0.325 e. The van der Waals surface area contributed by atoms with Gasteiger partial charge in [-0.2, -0.15) is 0 Å². The summed E-state index contributed by atoms with van der Waals surface area (Å²) in [5.74, 6) is 0.368. The van der Waals surface area contributed by atoms with E-state index >= 15 is 0 Å². The molecule has 1 spiro atoms. The van der Waals surface area contributed by atoms with Gasteiger partial charge in [0.1, 0.15) is 5.82 Å². The third kappa shape index (κ3) is 3.73. The van der Waals surface area contributed by atoms with Crippen molar-refractivity contribution in [3.05, 3.63) is 65.5 Å². The molecule has 33 heavy (non-hydrogen) atoms. The predicted octanol–water partition coefficient (Wildman–Crippen LogP) is 4.69. The van der Waals surface area contributed by atoms with E-state index in [4.69, 9.17) is 0 Å². The van der Waals surface area contributed by atoms with Crippen molar-refractivity contribution in [1.29, 1.82) is 0 Å². The maximum atomic E-state index is 14.1. The number of amides is 2. The van der Waals surface area contributed by atoms with Crippen LogP contribution in [0.3, 0.4) is 0 Å². The average molecular weight is 452 g/mol. The summed E-state index contributed by atoms with van der Waals surface area (Å²) in [6.07, 6.45) is 3.94. The summed E-state index contributed by atoms with van der Waals surface area (Å²) in [5, 5.41) is 10.3. The quantitative estimate of drug-likeness (QED) is 0.693. The molecule has 2 aromatic rings. The molecule has 2 aliphatic carbocycles. The smallest absolute Gasteiger partial charge is 0.325 e. The lowest BCUT2D eigenvalue weighted by atomic mass is 9.58. The molecule has 2 saturated carbocycles. The molecular formula is C27H34FN3O2. The summed E-state index contributed by atoms with van der Waals surface area (Å²) in [4.78, 5) is 19.8. The highest BCUT2D eigenvalue weighted by Crippen LogP contribution is 2.57. The molecule has 6 heteroatoms. The molecule has 3 aliphatic rings. The number of hydrogen-bond donors (Lipinski definition) is 1. The number of aliphatic hydroxyl groups is 1. The summed E-state index contributed by atoms with van der Waals surface area (Å²) in [6, 6.07) is 14.6. The van der Waals surface area contributed by atoms with Crippen LogP contribution in [0.4, 0.5) is 14.9 Å². The molecule has 0 aromatic heterocycles. The summed E-state index contributed by atoms with van der Waals surface area (Å²) in [5.41, 5.74) is 1.19. The molecule has 0 atom stereocenters. The van der Waals surface area contributed by atoms with Crippen LogP contribution in [0.15, 0.2) is 48.5 Å². The van der Waals surface area contributed by atoms with E-state index in [0.717, 1.165) is 36.2 Å². The molecule has 5 nitrogen and oxygen atoms in total. The standard InChI is InChI=1S/C27H34FN3O2/c1-25(2,33)20-10-12-23(13-11-20)30-18-26(31(24(30)32)15-19-8-9-19)16-27(17-26,29(3)4)21-6-5-7-22(28)14-21/h5-7,10-14,19,33H,8-9,15-18H2,1-4H3/t26-,27+. The highest BCUT2D eigenvalue weighted by molar-refractivity contribution is 5.95. The van der Waals surface area contributed by atoms with E-state index < -0.39 is 5.60 Å². The third-order valence-electron chi connectivity index (χ3n) is 7.97. The largest absolute Gasteiger partial charge is 0.386 e. The van der Waals surface area contributed by atoms with Gasteiger partial charge in [-0.15, -0.1) is 0 Å². The van der Waals surface area contributed by atoms with Gasteiger partial charge in [-0.1, -0.05) is 24.3 Å². The summed E-state index contributed by atoms with van der Waals surface area (Å²) < 4.78 is 14.1. The van der Waals surface area contributed by atoms with Crippen LogP contribution in [0.25, 0.3) is 0 Å². The van der Waals surface area contributed by atoms with Crippen LogP contribution in [0.5, 0.6) is 0 Å². The number of benzene rings is 2. The number of carbonyl (C=O) groups excluding carboxylic acids is 1. The highest BCUT2D eigenvalue weighted by Gasteiger charge is 2.65. The Morgan fingerprint density at radius 3 is 2.33 bits per heavy atom. The SMILES string of the molecule is CN(C)[C@]1(c2cccc(F)c2)C[C@@]2(CN(c3ccc(C(C)(C)O)cc3)C(=O)N2CC2CC2)C1. The van der Waals surface area contributed by atoms with Crippen LogP contribution >= 0.6 is 0 Å². The Kier molecular flexibility index (Phi) is 5.11. The van der Waals surface area contributed by atoms with E-state index in [1.807, 2.05) is 49.3 Å². The number of carbonyl (C=O) groups is 1. The second-order valence-electron chi connectivity index (χ2n) is 11.0. The first-order valence-corrected chi connectivity index (χ1v) is 11.9. The van der Waals surface area contributed by atoms with Gasteiger partial charge in [0.2, 0.25) is 0 Å². The molecule has 1 N–H and O–H groups in total. The zero-order valence-electron chi connectivity index (χ0n) is 20.0. The lowest BCUT2D eigenvalue weighted by Crippen LogP contribution is -2.67. The zero-order valence-corrected chi connectivity index (χ0v) is 20.0. The molecule has 2 amide bonds.